The van der Waals surface area contributed by atoms with Gasteiger partial charge in [0.1, 0.15) is 17.2 Å². The van der Waals surface area contributed by atoms with Crippen molar-refractivity contribution in [3.05, 3.63) is 71.7 Å². The number of para-hydroxylation sites is 1. The molecule has 3 aromatic rings. The van der Waals surface area contributed by atoms with E-state index in [1.54, 1.807) is 18.3 Å². The summed E-state index contributed by atoms with van der Waals surface area (Å²) in [6.45, 7) is 5.81. The van der Waals surface area contributed by atoms with Gasteiger partial charge >= 0.3 is 0 Å². The zero-order valence-electron chi connectivity index (χ0n) is 20.0. The van der Waals surface area contributed by atoms with Gasteiger partial charge in [0.15, 0.2) is 5.82 Å². The van der Waals surface area contributed by atoms with Crippen molar-refractivity contribution in [1.82, 2.24) is 20.2 Å². The molecule has 8 heteroatoms. The quantitative estimate of drug-likeness (QED) is 0.582. The number of hydrogen-bond donors (Lipinski definition) is 1. The van der Waals surface area contributed by atoms with E-state index in [1.165, 1.54) is 6.07 Å². The summed E-state index contributed by atoms with van der Waals surface area (Å²) in [6, 6.07) is 14.8. The molecule has 1 fully saturated rings. The van der Waals surface area contributed by atoms with Crippen LogP contribution < -0.4 is 15.1 Å². The molecule has 0 bridgehead atoms. The second-order valence-electron chi connectivity index (χ2n) is 8.79. The highest BCUT2D eigenvalue weighted by atomic mass is 19.1. The van der Waals surface area contributed by atoms with Gasteiger partial charge in [-0.2, -0.15) is 0 Å². The van der Waals surface area contributed by atoms with Gasteiger partial charge in [0, 0.05) is 51.0 Å². The van der Waals surface area contributed by atoms with E-state index in [0.717, 1.165) is 17.7 Å². The molecule has 178 valence electrons. The Balaban J connectivity index is 1.59. The molecule has 0 unspecified atom stereocenters. The Morgan fingerprint density at radius 1 is 1.06 bits per heavy atom. The minimum absolute atomic E-state index is 0.191. The molecule has 0 atom stereocenters. The largest absolute Gasteiger partial charge is 0.366 e. The molecule has 4 rings (SSSR count). The summed E-state index contributed by atoms with van der Waals surface area (Å²) in [5.74, 6) is 0.784. The molecule has 1 aromatic heterocycles. The number of aromatic nitrogens is 2. The molecule has 0 spiro atoms. The van der Waals surface area contributed by atoms with E-state index in [1.807, 2.05) is 61.2 Å². The standard InChI is InChI=1S/C26H31FN6O/c1-19-7-6-8-20(17-19)24-29-18-21(26(34)28-11-12-31(2)3)25(30-24)33-15-13-32(14-16-33)23-10-5-4-9-22(23)27/h4-10,17-18H,11-16H2,1-3H3,(H,28,34). The van der Waals surface area contributed by atoms with Crippen molar-refractivity contribution in [2.24, 2.45) is 0 Å². The van der Waals surface area contributed by atoms with Gasteiger partial charge in [0.05, 0.1) is 5.69 Å². The second-order valence-corrected chi connectivity index (χ2v) is 8.79. The smallest absolute Gasteiger partial charge is 0.256 e. The predicted molar refractivity (Wildman–Crippen MR) is 134 cm³/mol. The molecule has 0 saturated carbocycles. The lowest BCUT2D eigenvalue weighted by molar-refractivity contribution is 0.0951. The maximum absolute atomic E-state index is 14.3. The number of carbonyl (C=O) groups is 1. The zero-order valence-corrected chi connectivity index (χ0v) is 20.0. The van der Waals surface area contributed by atoms with Crippen molar-refractivity contribution in [2.75, 3.05) is 63.2 Å². The third-order valence-electron chi connectivity index (χ3n) is 5.91. The molecule has 34 heavy (non-hydrogen) atoms. The predicted octanol–water partition coefficient (Wildman–Crippen LogP) is 3.21. The van der Waals surface area contributed by atoms with E-state index in [2.05, 4.69) is 15.2 Å². The molecule has 1 N–H and O–H groups in total. The third kappa shape index (κ3) is 5.51. The molecule has 0 radical (unpaired) electrons. The number of rotatable bonds is 7. The molecule has 2 aromatic carbocycles. The van der Waals surface area contributed by atoms with Crippen LogP contribution in [0.3, 0.4) is 0 Å². The number of carbonyl (C=O) groups excluding carboxylic acids is 1. The first kappa shape index (κ1) is 23.6. The first-order valence-electron chi connectivity index (χ1n) is 11.5. The number of piperazine rings is 1. The van der Waals surface area contributed by atoms with Crippen molar-refractivity contribution in [1.29, 1.82) is 0 Å². The monoisotopic (exact) mass is 462 g/mol. The Bertz CT molecular complexity index is 1140. The second kappa shape index (κ2) is 10.6. The van der Waals surface area contributed by atoms with Gasteiger partial charge in [-0.25, -0.2) is 14.4 Å². The van der Waals surface area contributed by atoms with Gasteiger partial charge in [0.25, 0.3) is 5.91 Å². The third-order valence-corrected chi connectivity index (χ3v) is 5.91. The number of halogens is 1. The van der Waals surface area contributed by atoms with Crippen molar-refractivity contribution in [3.63, 3.8) is 0 Å². The number of anilines is 2. The molecule has 7 nitrogen and oxygen atoms in total. The van der Waals surface area contributed by atoms with Gasteiger partial charge in [-0.3, -0.25) is 4.79 Å². The van der Waals surface area contributed by atoms with Crippen LogP contribution in [0.25, 0.3) is 11.4 Å². The molecule has 0 aliphatic carbocycles. The number of nitrogens with one attached hydrogen (secondary N) is 1. The number of benzene rings is 2. The van der Waals surface area contributed by atoms with Crippen molar-refractivity contribution in [2.45, 2.75) is 6.92 Å². The van der Waals surface area contributed by atoms with E-state index >= 15 is 0 Å². The summed E-state index contributed by atoms with van der Waals surface area (Å²) in [6.07, 6.45) is 1.62. The summed E-state index contributed by atoms with van der Waals surface area (Å²) < 4.78 is 14.3. The minimum Gasteiger partial charge on any atom is -0.366 e. The highest BCUT2D eigenvalue weighted by molar-refractivity contribution is 5.99. The van der Waals surface area contributed by atoms with Crippen LogP contribution in [0.1, 0.15) is 15.9 Å². The Kier molecular flexibility index (Phi) is 7.37. The van der Waals surface area contributed by atoms with Crippen LogP contribution in [-0.2, 0) is 0 Å². The molecule has 2 heterocycles. The summed E-state index contributed by atoms with van der Waals surface area (Å²) in [5.41, 5.74) is 3.08. The Labute approximate surface area is 200 Å². The van der Waals surface area contributed by atoms with Crippen LogP contribution in [0.5, 0.6) is 0 Å². The Hall–Kier alpha value is -3.52. The average Bonchev–Trinajstić information content (AvgIpc) is 2.84. The normalized spacial score (nSPS) is 13.9. The van der Waals surface area contributed by atoms with Crippen molar-refractivity contribution in [3.8, 4) is 11.4 Å². The molecule has 1 aliphatic heterocycles. The average molecular weight is 463 g/mol. The van der Waals surface area contributed by atoms with E-state index < -0.39 is 0 Å². The fraction of sp³-hybridized carbons (Fsp3) is 0.346. The number of amides is 1. The van der Waals surface area contributed by atoms with Gasteiger partial charge in [-0.05, 0) is 39.2 Å². The fourth-order valence-electron chi connectivity index (χ4n) is 4.05. The van der Waals surface area contributed by atoms with Crippen LogP contribution in [0.4, 0.5) is 15.9 Å². The van der Waals surface area contributed by atoms with E-state index in [0.29, 0.717) is 55.6 Å². The molecule has 1 aliphatic rings. The lowest BCUT2D eigenvalue weighted by Gasteiger charge is -2.37. The first-order chi connectivity index (χ1) is 16.4. The number of aryl methyl sites for hydroxylation is 1. The summed E-state index contributed by atoms with van der Waals surface area (Å²) in [4.78, 5) is 28.5. The van der Waals surface area contributed by atoms with E-state index in [4.69, 9.17) is 4.98 Å². The first-order valence-corrected chi connectivity index (χ1v) is 11.5. The maximum Gasteiger partial charge on any atom is 0.256 e. The number of likely N-dealkylation sites (N-methyl/N-ethyl adjacent to an activating group) is 1. The van der Waals surface area contributed by atoms with Crippen LogP contribution >= 0.6 is 0 Å². The maximum atomic E-state index is 14.3. The topological polar surface area (TPSA) is 64.6 Å². The van der Waals surface area contributed by atoms with Crippen molar-refractivity contribution >= 4 is 17.4 Å². The van der Waals surface area contributed by atoms with Crippen LogP contribution in [0, 0.1) is 12.7 Å². The van der Waals surface area contributed by atoms with Gasteiger partial charge in [-0.15, -0.1) is 0 Å². The van der Waals surface area contributed by atoms with Crippen LogP contribution in [0.2, 0.25) is 0 Å². The van der Waals surface area contributed by atoms with Crippen LogP contribution in [-0.4, -0.2) is 74.1 Å². The van der Waals surface area contributed by atoms with E-state index in [-0.39, 0.29) is 11.7 Å². The van der Waals surface area contributed by atoms with Gasteiger partial charge in [0.2, 0.25) is 0 Å². The lowest BCUT2D eigenvalue weighted by Crippen LogP contribution is -2.48. The van der Waals surface area contributed by atoms with Crippen molar-refractivity contribution < 1.29 is 9.18 Å². The van der Waals surface area contributed by atoms with Crippen LogP contribution in [0.15, 0.2) is 54.7 Å². The number of hydrogen-bond acceptors (Lipinski definition) is 6. The van der Waals surface area contributed by atoms with Gasteiger partial charge < -0.3 is 20.0 Å². The highest BCUT2D eigenvalue weighted by Crippen LogP contribution is 2.26. The lowest BCUT2D eigenvalue weighted by atomic mass is 10.1. The zero-order chi connectivity index (χ0) is 24.1. The fourth-order valence-corrected chi connectivity index (χ4v) is 4.05. The molecule has 1 amide bonds. The molecular weight excluding hydrogens is 431 g/mol. The number of nitrogens with zero attached hydrogens (tertiary/aromatic N) is 5. The minimum atomic E-state index is -0.222. The molecule has 1 saturated heterocycles. The Morgan fingerprint density at radius 3 is 2.50 bits per heavy atom. The molecular formula is C26H31FN6O. The summed E-state index contributed by atoms with van der Waals surface area (Å²) in [5, 5.41) is 2.97. The summed E-state index contributed by atoms with van der Waals surface area (Å²) >= 11 is 0. The summed E-state index contributed by atoms with van der Waals surface area (Å²) in [7, 11) is 3.93. The van der Waals surface area contributed by atoms with E-state index in [9.17, 15) is 9.18 Å². The van der Waals surface area contributed by atoms with Gasteiger partial charge in [-0.1, -0.05) is 35.9 Å². The SMILES string of the molecule is Cc1cccc(-c2ncc(C(=O)NCCN(C)C)c(N3CCN(c4ccccc4F)CC3)n2)c1. The highest BCUT2D eigenvalue weighted by Gasteiger charge is 2.25. The Morgan fingerprint density at radius 2 is 1.79 bits per heavy atom.